The molecule has 0 aliphatic carbocycles. The molecule has 0 aliphatic heterocycles. The first-order valence-electron chi connectivity index (χ1n) is 5.83. The second-order valence-corrected chi connectivity index (χ2v) is 4.61. The molecule has 0 aromatic carbocycles. The molecule has 0 unspecified atom stereocenters. The van der Waals surface area contributed by atoms with E-state index in [1.54, 1.807) is 26.0 Å². The zero-order valence-corrected chi connectivity index (χ0v) is 11.7. The largest absolute Gasteiger partial charge is 0.486 e. The summed E-state index contributed by atoms with van der Waals surface area (Å²) in [5, 5.41) is 11.4. The topological polar surface area (TPSA) is 78.2 Å². The summed E-state index contributed by atoms with van der Waals surface area (Å²) in [4.78, 5) is 18.7. The molecule has 0 saturated carbocycles. The van der Waals surface area contributed by atoms with E-state index in [2.05, 4.69) is 9.97 Å². The van der Waals surface area contributed by atoms with E-state index in [-0.39, 0.29) is 12.3 Å². The van der Waals surface area contributed by atoms with Gasteiger partial charge in [-0.1, -0.05) is 11.6 Å². The smallest absolute Gasteiger partial charge is 0.278 e. The number of hydrogen-bond donors (Lipinski definition) is 0. The minimum Gasteiger partial charge on any atom is -0.486 e. The third-order valence-corrected chi connectivity index (χ3v) is 3.06. The van der Waals surface area contributed by atoms with Crippen LogP contribution in [0.25, 0.3) is 0 Å². The summed E-state index contributed by atoms with van der Waals surface area (Å²) in [5.74, 6) is 0.527. The summed E-state index contributed by atoms with van der Waals surface area (Å²) in [6.45, 7) is 3.46. The van der Waals surface area contributed by atoms with Crippen LogP contribution < -0.4 is 4.74 Å². The molecule has 2 aromatic rings. The van der Waals surface area contributed by atoms with Gasteiger partial charge in [0, 0.05) is 11.8 Å². The summed E-state index contributed by atoms with van der Waals surface area (Å²) in [5.41, 5.74) is 1.64. The van der Waals surface area contributed by atoms with Gasteiger partial charge in [0.05, 0.1) is 22.4 Å². The molecule has 0 aliphatic rings. The number of nitro groups is 1. The van der Waals surface area contributed by atoms with Gasteiger partial charge in [0.2, 0.25) is 0 Å². The fourth-order valence-electron chi connectivity index (χ4n) is 1.79. The number of aryl methyl sites for hydroxylation is 1. The van der Waals surface area contributed by atoms with Gasteiger partial charge < -0.3 is 4.74 Å². The van der Waals surface area contributed by atoms with E-state index >= 15 is 0 Å². The highest BCUT2D eigenvalue weighted by Gasteiger charge is 2.18. The maximum Gasteiger partial charge on any atom is 0.278 e. The minimum atomic E-state index is -0.403. The molecule has 7 heteroatoms. The molecule has 2 aromatic heterocycles. The van der Waals surface area contributed by atoms with Crippen molar-refractivity contribution in [3.8, 4) is 5.75 Å². The number of ether oxygens (including phenoxy) is 1. The van der Waals surface area contributed by atoms with Gasteiger partial charge >= 0.3 is 0 Å². The maximum absolute atomic E-state index is 11.0. The van der Waals surface area contributed by atoms with Gasteiger partial charge in [0.15, 0.2) is 0 Å². The van der Waals surface area contributed by atoms with E-state index in [1.807, 2.05) is 0 Å². The van der Waals surface area contributed by atoms with Crippen molar-refractivity contribution in [2.24, 2.45) is 0 Å². The van der Waals surface area contributed by atoms with Gasteiger partial charge in [-0.3, -0.25) is 15.1 Å². The first-order chi connectivity index (χ1) is 9.49. The fourth-order valence-corrected chi connectivity index (χ4v) is 1.90. The Morgan fingerprint density at radius 3 is 2.65 bits per heavy atom. The van der Waals surface area contributed by atoms with Crippen LogP contribution in [-0.2, 0) is 6.61 Å². The van der Waals surface area contributed by atoms with Crippen molar-refractivity contribution in [3.63, 3.8) is 0 Å². The summed E-state index contributed by atoms with van der Waals surface area (Å²) in [6, 6.07) is 3.28. The number of rotatable bonds is 4. The van der Waals surface area contributed by atoms with Crippen LogP contribution in [0.5, 0.6) is 5.75 Å². The van der Waals surface area contributed by atoms with E-state index in [9.17, 15) is 10.1 Å². The van der Waals surface area contributed by atoms with Crippen LogP contribution in [0.1, 0.15) is 16.8 Å². The number of aromatic nitrogens is 2. The molecule has 20 heavy (non-hydrogen) atoms. The number of halogens is 1. The monoisotopic (exact) mass is 293 g/mol. The molecule has 0 spiro atoms. The summed E-state index contributed by atoms with van der Waals surface area (Å²) in [6.07, 6.45) is 2.96. The molecule has 2 rings (SSSR count). The van der Waals surface area contributed by atoms with E-state index in [0.29, 0.717) is 27.7 Å². The van der Waals surface area contributed by atoms with E-state index in [0.717, 1.165) is 0 Å². The van der Waals surface area contributed by atoms with Crippen LogP contribution in [0, 0.1) is 24.0 Å². The normalized spacial score (nSPS) is 10.3. The molecule has 0 saturated heterocycles. The Hall–Kier alpha value is -2.21. The van der Waals surface area contributed by atoms with Crippen molar-refractivity contribution in [2.75, 3.05) is 0 Å². The average Bonchev–Trinajstić information content (AvgIpc) is 2.39. The van der Waals surface area contributed by atoms with Crippen LogP contribution in [-0.4, -0.2) is 14.9 Å². The maximum atomic E-state index is 11.0. The summed E-state index contributed by atoms with van der Waals surface area (Å²) < 4.78 is 5.50. The molecule has 104 valence electrons. The molecule has 0 fully saturated rings. The van der Waals surface area contributed by atoms with Crippen molar-refractivity contribution in [2.45, 2.75) is 20.5 Å². The Kier molecular flexibility index (Phi) is 4.14. The second-order valence-electron chi connectivity index (χ2n) is 4.22. The Morgan fingerprint density at radius 2 is 2.05 bits per heavy atom. The minimum absolute atomic E-state index is 0.0767. The highest BCUT2D eigenvalue weighted by molar-refractivity contribution is 6.29. The molecular formula is C13H12ClN3O3. The van der Waals surface area contributed by atoms with Crippen LogP contribution in [0.2, 0.25) is 5.15 Å². The van der Waals surface area contributed by atoms with Crippen LogP contribution in [0.15, 0.2) is 24.5 Å². The highest BCUT2D eigenvalue weighted by Crippen LogP contribution is 2.25. The van der Waals surface area contributed by atoms with Crippen LogP contribution in [0.4, 0.5) is 5.69 Å². The molecule has 0 bridgehead atoms. The van der Waals surface area contributed by atoms with Gasteiger partial charge in [0.1, 0.15) is 17.5 Å². The van der Waals surface area contributed by atoms with Gasteiger partial charge in [0.25, 0.3) is 5.69 Å². The van der Waals surface area contributed by atoms with Crippen molar-refractivity contribution in [3.05, 3.63) is 56.6 Å². The number of nitrogens with zero attached hydrogens (tertiary/aromatic N) is 3. The molecule has 2 heterocycles. The number of pyridine rings is 2. The van der Waals surface area contributed by atoms with Crippen LogP contribution >= 0.6 is 11.6 Å². The molecular weight excluding hydrogens is 282 g/mol. The summed E-state index contributed by atoms with van der Waals surface area (Å²) in [7, 11) is 0. The molecule has 6 nitrogen and oxygen atoms in total. The standard InChI is InChI=1S/C13H12ClN3O3/c1-8-5-15-11(9(2)13(8)17(18)19)7-20-10-3-4-12(14)16-6-10/h3-6H,7H2,1-2H3. The third kappa shape index (κ3) is 3.03. The predicted molar refractivity (Wildman–Crippen MR) is 73.9 cm³/mol. The lowest BCUT2D eigenvalue weighted by Gasteiger charge is -2.09. The molecule has 0 N–H and O–H groups in total. The predicted octanol–water partition coefficient (Wildman–Crippen LogP) is 3.23. The number of hydrogen-bond acceptors (Lipinski definition) is 5. The SMILES string of the molecule is Cc1cnc(COc2ccc(Cl)nc2)c(C)c1[N+](=O)[O-]. The zero-order chi connectivity index (χ0) is 14.7. The highest BCUT2D eigenvalue weighted by atomic mass is 35.5. The van der Waals surface area contributed by atoms with E-state index < -0.39 is 4.92 Å². The fraction of sp³-hybridized carbons (Fsp3) is 0.231. The quantitative estimate of drug-likeness (QED) is 0.491. The second kappa shape index (κ2) is 5.83. The van der Waals surface area contributed by atoms with Gasteiger partial charge in [-0.25, -0.2) is 4.98 Å². The van der Waals surface area contributed by atoms with Gasteiger partial charge in [-0.2, -0.15) is 0 Å². The first-order valence-corrected chi connectivity index (χ1v) is 6.20. The zero-order valence-electron chi connectivity index (χ0n) is 11.0. The van der Waals surface area contributed by atoms with Crippen molar-refractivity contribution < 1.29 is 9.66 Å². The molecule has 0 radical (unpaired) electrons. The Bertz CT molecular complexity index is 644. The van der Waals surface area contributed by atoms with Crippen molar-refractivity contribution in [1.82, 2.24) is 9.97 Å². The van der Waals surface area contributed by atoms with E-state index in [1.165, 1.54) is 12.4 Å². The molecule has 0 amide bonds. The Labute approximate surface area is 120 Å². The first kappa shape index (κ1) is 14.2. The van der Waals surface area contributed by atoms with E-state index in [4.69, 9.17) is 16.3 Å². The van der Waals surface area contributed by atoms with Gasteiger partial charge in [-0.15, -0.1) is 0 Å². The lowest BCUT2D eigenvalue weighted by Crippen LogP contribution is -2.05. The van der Waals surface area contributed by atoms with Crippen molar-refractivity contribution >= 4 is 17.3 Å². The third-order valence-electron chi connectivity index (χ3n) is 2.83. The molecule has 0 atom stereocenters. The van der Waals surface area contributed by atoms with Crippen LogP contribution in [0.3, 0.4) is 0 Å². The van der Waals surface area contributed by atoms with Crippen molar-refractivity contribution in [1.29, 1.82) is 0 Å². The Balaban J connectivity index is 2.20. The average molecular weight is 294 g/mol. The lowest BCUT2D eigenvalue weighted by atomic mass is 10.1. The Morgan fingerprint density at radius 1 is 1.30 bits per heavy atom. The summed E-state index contributed by atoms with van der Waals surface area (Å²) >= 11 is 5.67. The lowest BCUT2D eigenvalue weighted by molar-refractivity contribution is -0.386. The van der Waals surface area contributed by atoms with Gasteiger partial charge in [-0.05, 0) is 26.0 Å².